The standard InChI is InChI=1S/C24H24N2O3/c27-23(13-12-19-8-5-7-18-6-1-2-9-20(18)19)25-22-11-4-3-10-21(22)24(28)26-14-16-29-17-15-26/h1-11H,12-17H2,(H,25,27). The number of ether oxygens (including phenoxy) is 1. The third kappa shape index (κ3) is 4.46. The zero-order valence-electron chi connectivity index (χ0n) is 16.3. The first-order valence-electron chi connectivity index (χ1n) is 9.95. The number of carbonyl (C=O) groups excluding carboxylic acids is 2. The van der Waals surface area contributed by atoms with Crippen LogP contribution in [-0.2, 0) is 16.0 Å². The predicted octanol–water partition coefficient (Wildman–Crippen LogP) is 3.88. The van der Waals surface area contributed by atoms with Crippen molar-refractivity contribution in [2.24, 2.45) is 0 Å². The van der Waals surface area contributed by atoms with Crippen LogP contribution >= 0.6 is 0 Å². The van der Waals surface area contributed by atoms with E-state index in [0.29, 0.717) is 50.4 Å². The largest absolute Gasteiger partial charge is 0.378 e. The molecule has 1 saturated heterocycles. The van der Waals surface area contributed by atoms with E-state index < -0.39 is 0 Å². The van der Waals surface area contributed by atoms with Crippen molar-refractivity contribution in [3.05, 3.63) is 77.9 Å². The SMILES string of the molecule is O=C(CCc1cccc2ccccc12)Nc1ccccc1C(=O)N1CCOCC1. The van der Waals surface area contributed by atoms with Crippen LogP contribution in [0.2, 0.25) is 0 Å². The number of nitrogens with zero attached hydrogens (tertiary/aromatic N) is 1. The Kier molecular flexibility index (Phi) is 5.86. The number of hydrogen-bond acceptors (Lipinski definition) is 3. The number of hydrogen-bond donors (Lipinski definition) is 1. The summed E-state index contributed by atoms with van der Waals surface area (Å²) in [6.45, 7) is 2.24. The summed E-state index contributed by atoms with van der Waals surface area (Å²) in [5.41, 5.74) is 2.23. The Labute approximate surface area is 170 Å². The van der Waals surface area contributed by atoms with Crippen molar-refractivity contribution in [1.82, 2.24) is 4.90 Å². The van der Waals surface area contributed by atoms with Crippen molar-refractivity contribution in [3.8, 4) is 0 Å². The van der Waals surface area contributed by atoms with Crippen LogP contribution in [0.1, 0.15) is 22.3 Å². The van der Waals surface area contributed by atoms with Gasteiger partial charge in [0.15, 0.2) is 0 Å². The number of nitrogens with one attached hydrogen (secondary N) is 1. The van der Waals surface area contributed by atoms with Crippen molar-refractivity contribution >= 4 is 28.3 Å². The molecule has 5 heteroatoms. The Bertz CT molecular complexity index is 1020. The Hall–Kier alpha value is -3.18. The lowest BCUT2D eigenvalue weighted by molar-refractivity contribution is -0.116. The Morgan fingerprint density at radius 1 is 0.897 bits per heavy atom. The molecular weight excluding hydrogens is 364 g/mol. The molecule has 0 spiro atoms. The maximum absolute atomic E-state index is 12.8. The molecule has 3 aromatic carbocycles. The maximum atomic E-state index is 12.8. The van der Waals surface area contributed by atoms with Crippen LogP contribution in [0.3, 0.4) is 0 Å². The molecule has 1 aliphatic heterocycles. The summed E-state index contributed by atoms with van der Waals surface area (Å²) in [5.74, 6) is -0.168. The summed E-state index contributed by atoms with van der Waals surface area (Å²) in [4.78, 5) is 27.2. The van der Waals surface area contributed by atoms with Crippen LogP contribution in [0.25, 0.3) is 10.8 Å². The van der Waals surface area contributed by atoms with E-state index in [1.165, 1.54) is 10.8 Å². The number of anilines is 1. The minimum Gasteiger partial charge on any atom is -0.378 e. The van der Waals surface area contributed by atoms with Crippen LogP contribution in [-0.4, -0.2) is 43.0 Å². The summed E-state index contributed by atoms with van der Waals surface area (Å²) >= 11 is 0. The second-order valence-electron chi connectivity index (χ2n) is 7.14. The van der Waals surface area contributed by atoms with Gasteiger partial charge in [0, 0.05) is 19.5 Å². The molecule has 0 bridgehead atoms. The lowest BCUT2D eigenvalue weighted by Gasteiger charge is -2.27. The van der Waals surface area contributed by atoms with Gasteiger partial charge in [-0.3, -0.25) is 9.59 Å². The topological polar surface area (TPSA) is 58.6 Å². The molecule has 29 heavy (non-hydrogen) atoms. The van der Waals surface area contributed by atoms with E-state index in [-0.39, 0.29) is 11.8 Å². The quantitative estimate of drug-likeness (QED) is 0.722. The molecule has 3 aromatic rings. The van der Waals surface area contributed by atoms with Crippen molar-refractivity contribution in [1.29, 1.82) is 0 Å². The van der Waals surface area contributed by atoms with Crippen molar-refractivity contribution in [2.75, 3.05) is 31.6 Å². The first kappa shape index (κ1) is 19.2. The highest BCUT2D eigenvalue weighted by molar-refractivity contribution is 6.03. The van der Waals surface area contributed by atoms with Crippen LogP contribution in [0.4, 0.5) is 5.69 Å². The number of carbonyl (C=O) groups is 2. The summed E-state index contributed by atoms with van der Waals surface area (Å²) in [7, 11) is 0. The van der Waals surface area contributed by atoms with E-state index in [0.717, 1.165) is 5.56 Å². The monoisotopic (exact) mass is 388 g/mol. The van der Waals surface area contributed by atoms with Gasteiger partial charge in [0.1, 0.15) is 0 Å². The second kappa shape index (κ2) is 8.88. The van der Waals surface area contributed by atoms with Crippen LogP contribution in [0, 0.1) is 0 Å². The lowest BCUT2D eigenvalue weighted by atomic mass is 10.0. The average Bonchev–Trinajstić information content (AvgIpc) is 2.78. The zero-order valence-corrected chi connectivity index (χ0v) is 16.3. The number of benzene rings is 3. The molecule has 1 heterocycles. The molecule has 5 nitrogen and oxygen atoms in total. The Morgan fingerprint density at radius 3 is 2.48 bits per heavy atom. The van der Waals surface area contributed by atoms with E-state index in [2.05, 4.69) is 29.6 Å². The number of rotatable bonds is 5. The smallest absolute Gasteiger partial charge is 0.256 e. The Balaban J connectivity index is 1.44. The molecule has 0 unspecified atom stereocenters. The lowest BCUT2D eigenvalue weighted by Crippen LogP contribution is -2.41. The van der Waals surface area contributed by atoms with Gasteiger partial charge in [-0.25, -0.2) is 0 Å². The number of morpholine rings is 1. The first-order valence-corrected chi connectivity index (χ1v) is 9.95. The van der Waals surface area contributed by atoms with Gasteiger partial charge in [-0.1, -0.05) is 54.6 Å². The number of amides is 2. The van der Waals surface area contributed by atoms with Gasteiger partial charge >= 0.3 is 0 Å². The Morgan fingerprint density at radius 2 is 1.62 bits per heavy atom. The van der Waals surface area contributed by atoms with E-state index in [1.807, 2.05) is 30.3 Å². The second-order valence-corrected chi connectivity index (χ2v) is 7.14. The molecular formula is C24H24N2O3. The van der Waals surface area contributed by atoms with E-state index in [9.17, 15) is 9.59 Å². The predicted molar refractivity (Wildman–Crippen MR) is 114 cm³/mol. The summed E-state index contributed by atoms with van der Waals surface area (Å²) in [5, 5.41) is 5.28. The maximum Gasteiger partial charge on any atom is 0.256 e. The fourth-order valence-corrected chi connectivity index (χ4v) is 3.69. The van der Waals surface area contributed by atoms with E-state index >= 15 is 0 Å². The van der Waals surface area contributed by atoms with Gasteiger partial charge < -0.3 is 15.0 Å². The molecule has 1 aliphatic rings. The van der Waals surface area contributed by atoms with Crippen LogP contribution in [0.15, 0.2) is 66.7 Å². The molecule has 0 aromatic heterocycles. The average molecular weight is 388 g/mol. The molecule has 148 valence electrons. The molecule has 0 saturated carbocycles. The molecule has 1 fully saturated rings. The van der Waals surface area contributed by atoms with Gasteiger partial charge in [0.25, 0.3) is 5.91 Å². The highest BCUT2D eigenvalue weighted by Gasteiger charge is 2.21. The van der Waals surface area contributed by atoms with Gasteiger partial charge in [-0.2, -0.15) is 0 Å². The van der Waals surface area contributed by atoms with E-state index in [4.69, 9.17) is 4.74 Å². The fraction of sp³-hybridized carbons (Fsp3) is 0.250. The van der Waals surface area contributed by atoms with Crippen LogP contribution in [0.5, 0.6) is 0 Å². The van der Waals surface area contributed by atoms with Gasteiger partial charge in [0.2, 0.25) is 5.91 Å². The molecule has 2 amide bonds. The highest BCUT2D eigenvalue weighted by atomic mass is 16.5. The van der Waals surface area contributed by atoms with Gasteiger partial charge in [-0.15, -0.1) is 0 Å². The number of aryl methyl sites for hydroxylation is 1. The van der Waals surface area contributed by atoms with Crippen molar-refractivity contribution in [2.45, 2.75) is 12.8 Å². The normalized spacial score (nSPS) is 14.0. The van der Waals surface area contributed by atoms with Gasteiger partial charge in [-0.05, 0) is 34.9 Å². The first-order chi connectivity index (χ1) is 14.2. The minimum absolute atomic E-state index is 0.0711. The third-order valence-electron chi connectivity index (χ3n) is 5.23. The van der Waals surface area contributed by atoms with Crippen molar-refractivity contribution < 1.29 is 14.3 Å². The zero-order chi connectivity index (χ0) is 20.1. The molecule has 0 radical (unpaired) electrons. The van der Waals surface area contributed by atoms with E-state index in [1.54, 1.807) is 17.0 Å². The molecule has 0 aliphatic carbocycles. The number of para-hydroxylation sites is 1. The fourth-order valence-electron chi connectivity index (χ4n) is 3.69. The van der Waals surface area contributed by atoms with Crippen molar-refractivity contribution in [3.63, 3.8) is 0 Å². The summed E-state index contributed by atoms with van der Waals surface area (Å²) in [6.07, 6.45) is 1.00. The number of fused-ring (bicyclic) bond motifs is 1. The molecule has 4 rings (SSSR count). The minimum atomic E-state index is -0.0971. The molecule has 1 N–H and O–H groups in total. The summed E-state index contributed by atoms with van der Waals surface area (Å²) in [6, 6.07) is 21.5. The van der Waals surface area contributed by atoms with Crippen LogP contribution < -0.4 is 5.32 Å². The van der Waals surface area contributed by atoms with Gasteiger partial charge in [0.05, 0.1) is 24.5 Å². The summed E-state index contributed by atoms with van der Waals surface area (Å²) < 4.78 is 5.32. The molecule has 0 atom stereocenters. The third-order valence-corrected chi connectivity index (χ3v) is 5.23. The highest BCUT2D eigenvalue weighted by Crippen LogP contribution is 2.21.